The van der Waals surface area contributed by atoms with Crippen LogP contribution in [0.5, 0.6) is 0 Å². The lowest BCUT2D eigenvalue weighted by molar-refractivity contribution is -0.133. The van der Waals surface area contributed by atoms with E-state index >= 15 is 0 Å². The molecule has 2 aromatic rings. The minimum atomic E-state index is -0.0484. The number of likely N-dealkylation sites (N-methyl/N-ethyl adjacent to an activating group) is 1. The highest BCUT2D eigenvalue weighted by atomic mass is 16.2. The number of piperidine rings is 1. The maximum Gasteiger partial charge on any atom is 0.272 e. The van der Waals surface area contributed by atoms with Crippen LogP contribution in [0.4, 0.5) is 0 Å². The topological polar surface area (TPSA) is 76.3 Å². The van der Waals surface area contributed by atoms with Crippen LogP contribution < -0.4 is 0 Å². The molecule has 0 N–H and O–H groups in total. The Labute approximate surface area is 159 Å². The number of carbonyl (C=O) groups excluding carboxylic acids is 2. The van der Waals surface area contributed by atoms with E-state index in [1.165, 1.54) is 0 Å². The smallest absolute Gasteiger partial charge is 0.272 e. The van der Waals surface area contributed by atoms with E-state index < -0.39 is 0 Å². The van der Waals surface area contributed by atoms with Gasteiger partial charge in [-0.2, -0.15) is 10.2 Å². The second-order valence-corrected chi connectivity index (χ2v) is 7.37. The highest BCUT2D eigenvalue weighted by Crippen LogP contribution is 2.18. The number of carbonyl (C=O) groups is 2. The van der Waals surface area contributed by atoms with Crippen molar-refractivity contribution in [1.29, 1.82) is 0 Å². The molecule has 1 fully saturated rings. The highest BCUT2D eigenvalue weighted by Gasteiger charge is 2.29. The first-order valence-corrected chi connectivity index (χ1v) is 9.38. The molecule has 0 saturated carbocycles. The fourth-order valence-electron chi connectivity index (χ4n) is 3.67. The first kappa shape index (κ1) is 19.1. The molecule has 146 valence electrons. The molecule has 1 aliphatic rings. The summed E-state index contributed by atoms with van der Waals surface area (Å²) >= 11 is 0. The Hall–Kier alpha value is -2.64. The van der Waals surface area contributed by atoms with E-state index in [4.69, 9.17) is 0 Å². The van der Waals surface area contributed by atoms with E-state index in [0.717, 1.165) is 30.6 Å². The maximum atomic E-state index is 12.8. The zero-order valence-corrected chi connectivity index (χ0v) is 16.6. The van der Waals surface area contributed by atoms with Crippen LogP contribution in [0.1, 0.15) is 41.0 Å². The Kier molecular flexibility index (Phi) is 5.62. The molecule has 0 unspecified atom stereocenters. The molecular formula is C19H28N6O2. The monoisotopic (exact) mass is 372 g/mol. The largest absolute Gasteiger partial charge is 0.341 e. The van der Waals surface area contributed by atoms with Crippen molar-refractivity contribution in [2.45, 2.75) is 38.6 Å². The lowest BCUT2D eigenvalue weighted by Crippen LogP contribution is -2.50. The second kappa shape index (κ2) is 7.94. The predicted molar refractivity (Wildman–Crippen MR) is 101 cm³/mol. The summed E-state index contributed by atoms with van der Waals surface area (Å²) in [6.07, 6.45) is 6.72. The van der Waals surface area contributed by atoms with Crippen LogP contribution in [-0.4, -0.2) is 67.4 Å². The number of hydrogen-bond acceptors (Lipinski definition) is 4. The summed E-state index contributed by atoms with van der Waals surface area (Å²) < 4.78 is 3.37. The Balaban J connectivity index is 1.58. The summed E-state index contributed by atoms with van der Waals surface area (Å²) in [5, 5.41) is 8.40. The highest BCUT2D eigenvalue weighted by molar-refractivity contribution is 5.92. The summed E-state index contributed by atoms with van der Waals surface area (Å²) in [6.45, 7) is 3.22. The van der Waals surface area contributed by atoms with Gasteiger partial charge in [0.05, 0.1) is 11.9 Å². The molecule has 3 heterocycles. The van der Waals surface area contributed by atoms with Gasteiger partial charge in [0, 0.05) is 52.9 Å². The average Bonchev–Trinajstić information content (AvgIpc) is 3.22. The van der Waals surface area contributed by atoms with Crippen molar-refractivity contribution in [2.24, 2.45) is 14.1 Å². The van der Waals surface area contributed by atoms with Gasteiger partial charge in [0.25, 0.3) is 5.91 Å². The SMILES string of the molecule is Cc1cc(C(=O)N(C)[C@H]2CCCN(C(=O)CCc3cnn(C)c3)C2)n(C)n1. The van der Waals surface area contributed by atoms with E-state index in [9.17, 15) is 9.59 Å². The number of aryl methyl sites for hydroxylation is 4. The van der Waals surface area contributed by atoms with Gasteiger partial charge in [0.15, 0.2) is 0 Å². The number of nitrogens with zero attached hydrogens (tertiary/aromatic N) is 6. The molecule has 0 spiro atoms. The zero-order valence-electron chi connectivity index (χ0n) is 16.6. The summed E-state index contributed by atoms with van der Waals surface area (Å²) in [7, 11) is 5.47. The van der Waals surface area contributed by atoms with E-state index in [-0.39, 0.29) is 17.9 Å². The van der Waals surface area contributed by atoms with Gasteiger partial charge >= 0.3 is 0 Å². The molecule has 1 aliphatic heterocycles. The fraction of sp³-hybridized carbons (Fsp3) is 0.579. The third kappa shape index (κ3) is 4.37. The molecule has 0 aromatic carbocycles. The zero-order chi connectivity index (χ0) is 19.6. The van der Waals surface area contributed by atoms with Crippen molar-refractivity contribution in [3.63, 3.8) is 0 Å². The fourth-order valence-corrected chi connectivity index (χ4v) is 3.67. The van der Waals surface area contributed by atoms with E-state index in [1.54, 1.807) is 33.6 Å². The van der Waals surface area contributed by atoms with Crippen molar-refractivity contribution < 1.29 is 9.59 Å². The quantitative estimate of drug-likeness (QED) is 0.789. The number of hydrogen-bond donors (Lipinski definition) is 0. The maximum absolute atomic E-state index is 12.8. The van der Waals surface area contributed by atoms with Crippen molar-refractivity contribution >= 4 is 11.8 Å². The van der Waals surface area contributed by atoms with Crippen LogP contribution in [0.25, 0.3) is 0 Å². The first-order chi connectivity index (χ1) is 12.8. The number of aromatic nitrogens is 4. The molecule has 2 aromatic heterocycles. The van der Waals surface area contributed by atoms with Gasteiger partial charge in [-0.1, -0.05) is 0 Å². The van der Waals surface area contributed by atoms with Crippen LogP contribution in [0.15, 0.2) is 18.5 Å². The standard InChI is InChI=1S/C19H28N6O2/c1-14-10-17(24(4)21-14)19(27)23(3)16-6-5-9-25(13-16)18(26)8-7-15-11-20-22(2)12-15/h10-12,16H,5-9,13H2,1-4H3/t16-/m0/s1. The normalized spacial score (nSPS) is 17.2. The molecule has 0 aliphatic carbocycles. The van der Waals surface area contributed by atoms with Gasteiger partial charge in [0.2, 0.25) is 5.91 Å². The Morgan fingerprint density at radius 2 is 2.11 bits per heavy atom. The molecule has 8 heteroatoms. The molecule has 0 bridgehead atoms. The Bertz CT molecular complexity index is 824. The van der Waals surface area contributed by atoms with Crippen molar-refractivity contribution in [2.75, 3.05) is 20.1 Å². The van der Waals surface area contributed by atoms with Gasteiger partial charge in [0.1, 0.15) is 5.69 Å². The molecular weight excluding hydrogens is 344 g/mol. The molecule has 27 heavy (non-hydrogen) atoms. The summed E-state index contributed by atoms with van der Waals surface area (Å²) in [5.74, 6) is 0.0912. The molecule has 8 nitrogen and oxygen atoms in total. The molecule has 1 saturated heterocycles. The summed E-state index contributed by atoms with van der Waals surface area (Å²) in [6, 6.07) is 1.84. The van der Waals surface area contributed by atoms with Crippen molar-refractivity contribution in [3.8, 4) is 0 Å². The summed E-state index contributed by atoms with van der Waals surface area (Å²) in [4.78, 5) is 29.1. The number of amides is 2. The minimum Gasteiger partial charge on any atom is -0.341 e. The van der Waals surface area contributed by atoms with Crippen LogP contribution >= 0.6 is 0 Å². The third-order valence-corrected chi connectivity index (χ3v) is 5.22. The van der Waals surface area contributed by atoms with Crippen LogP contribution in [0.2, 0.25) is 0 Å². The lowest BCUT2D eigenvalue weighted by Gasteiger charge is -2.37. The second-order valence-electron chi connectivity index (χ2n) is 7.37. The van der Waals surface area contributed by atoms with Gasteiger partial charge in [-0.05, 0) is 37.8 Å². The van der Waals surface area contributed by atoms with Crippen LogP contribution in [0, 0.1) is 6.92 Å². The van der Waals surface area contributed by atoms with Gasteiger partial charge in [-0.25, -0.2) is 0 Å². The lowest BCUT2D eigenvalue weighted by atomic mass is 10.0. The Morgan fingerprint density at radius 3 is 2.74 bits per heavy atom. The van der Waals surface area contributed by atoms with E-state index in [2.05, 4.69) is 10.2 Å². The molecule has 0 radical (unpaired) electrons. The predicted octanol–water partition coefficient (Wildman–Crippen LogP) is 1.16. The van der Waals surface area contributed by atoms with E-state index in [1.807, 2.05) is 32.1 Å². The molecule has 1 atom stereocenters. The first-order valence-electron chi connectivity index (χ1n) is 9.38. The van der Waals surface area contributed by atoms with Gasteiger partial charge in [-0.3, -0.25) is 19.0 Å². The Morgan fingerprint density at radius 1 is 1.33 bits per heavy atom. The van der Waals surface area contributed by atoms with Crippen LogP contribution in [-0.2, 0) is 25.3 Å². The van der Waals surface area contributed by atoms with E-state index in [0.29, 0.717) is 25.1 Å². The summed E-state index contributed by atoms with van der Waals surface area (Å²) in [5.41, 5.74) is 2.47. The minimum absolute atomic E-state index is 0.0313. The van der Waals surface area contributed by atoms with Crippen molar-refractivity contribution in [1.82, 2.24) is 29.4 Å². The van der Waals surface area contributed by atoms with Gasteiger partial charge in [-0.15, -0.1) is 0 Å². The molecule has 2 amide bonds. The van der Waals surface area contributed by atoms with Gasteiger partial charge < -0.3 is 9.80 Å². The van der Waals surface area contributed by atoms with Crippen LogP contribution in [0.3, 0.4) is 0 Å². The van der Waals surface area contributed by atoms with Crippen molar-refractivity contribution in [3.05, 3.63) is 35.4 Å². The third-order valence-electron chi connectivity index (χ3n) is 5.22. The molecule has 3 rings (SSSR count). The number of rotatable bonds is 5. The average molecular weight is 372 g/mol. The number of likely N-dealkylation sites (tertiary alicyclic amines) is 1.